The summed E-state index contributed by atoms with van der Waals surface area (Å²) >= 11 is 6.97. The van der Waals surface area contributed by atoms with Gasteiger partial charge in [-0.2, -0.15) is 0 Å². The molecule has 0 amide bonds. The van der Waals surface area contributed by atoms with Crippen molar-refractivity contribution in [3.63, 3.8) is 0 Å². The lowest BCUT2D eigenvalue weighted by atomic mass is 10.1. The predicted octanol–water partition coefficient (Wildman–Crippen LogP) is 5.23. The van der Waals surface area contributed by atoms with Crippen LogP contribution in [0.2, 0.25) is 0 Å². The van der Waals surface area contributed by atoms with Gasteiger partial charge in [0.1, 0.15) is 12.4 Å². The van der Waals surface area contributed by atoms with Gasteiger partial charge in [0.05, 0.1) is 4.47 Å². The Kier molecular flexibility index (Phi) is 4.84. The molecule has 2 rings (SSSR count). The van der Waals surface area contributed by atoms with Crippen LogP contribution < -0.4 is 4.74 Å². The number of ether oxygens (including phenoxy) is 1. The number of hydrogen-bond acceptors (Lipinski definition) is 1. The summed E-state index contributed by atoms with van der Waals surface area (Å²) in [6.07, 6.45) is 0. The lowest BCUT2D eigenvalue weighted by Crippen LogP contribution is -1.96. The van der Waals surface area contributed by atoms with E-state index >= 15 is 0 Å². The van der Waals surface area contributed by atoms with Gasteiger partial charge in [-0.25, -0.2) is 0 Å². The standard InChI is InChI=1S/C15H14Br2O/c1-11-3-2-4-13(7-11)10-18-15-6-5-12(9-16)8-14(15)17/h2-8H,9-10H2,1H3. The molecule has 0 aromatic heterocycles. The van der Waals surface area contributed by atoms with Crippen LogP contribution in [-0.4, -0.2) is 0 Å². The van der Waals surface area contributed by atoms with E-state index in [2.05, 4.69) is 75.2 Å². The summed E-state index contributed by atoms with van der Waals surface area (Å²) in [6.45, 7) is 2.68. The first kappa shape index (κ1) is 13.6. The summed E-state index contributed by atoms with van der Waals surface area (Å²) in [7, 11) is 0. The maximum absolute atomic E-state index is 5.82. The molecule has 0 N–H and O–H groups in total. The number of alkyl halides is 1. The fourth-order valence-electron chi connectivity index (χ4n) is 1.71. The number of rotatable bonds is 4. The van der Waals surface area contributed by atoms with Crippen LogP contribution >= 0.6 is 31.9 Å². The van der Waals surface area contributed by atoms with E-state index in [4.69, 9.17) is 4.74 Å². The first-order chi connectivity index (χ1) is 8.69. The third-order valence-electron chi connectivity index (χ3n) is 2.63. The van der Waals surface area contributed by atoms with E-state index in [1.807, 2.05) is 6.07 Å². The maximum atomic E-state index is 5.82. The zero-order chi connectivity index (χ0) is 13.0. The van der Waals surface area contributed by atoms with Crippen molar-refractivity contribution in [2.24, 2.45) is 0 Å². The highest BCUT2D eigenvalue weighted by atomic mass is 79.9. The zero-order valence-corrected chi connectivity index (χ0v) is 13.3. The van der Waals surface area contributed by atoms with Gasteiger partial charge in [0.2, 0.25) is 0 Å². The number of aryl methyl sites for hydroxylation is 1. The van der Waals surface area contributed by atoms with Crippen LogP contribution in [0.15, 0.2) is 46.9 Å². The zero-order valence-electron chi connectivity index (χ0n) is 10.1. The van der Waals surface area contributed by atoms with E-state index in [0.29, 0.717) is 6.61 Å². The molecule has 2 aromatic carbocycles. The minimum atomic E-state index is 0.591. The van der Waals surface area contributed by atoms with Crippen molar-refractivity contribution < 1.29 is 4.74 Å². The Morgan fingerprint density at radius 3 is 2.56 bits per heavy atom. The van der Waals surface area contributed by atoms with Gasteiger partial charge in [0, 0.05) is 5.33 Å². The SMILES string of the molecule is Cc1cccc(COc2ccc(CBr)cc2Br)c1. The Morgan fingerprint density at radius 2 is 1.89 bits per heavy atom. The molecule has 0 fully saturated rings. The quantitative estimate of drug-likeness (QED) is 0.670. The Balaban J connectivity index is 2.06. The molecule has 2 aromatic rings. The summed E-state index contributed by atoms with van der Waals surface area (Å²) in [5, 5.41) is 0.851. The largest absolute Gasteiger partial charge is 0.488 e. The van der Waals surface area contributed by atoms with E-state index < -0.39 is 0 Å². The average molecular weight is 370 g/mol. The summed E-state index contributed by atoms with van der Waals surface area (Å²) in [4.78, 5) is 0. The van der Waals surface area contributed by atoms with E-state index in [1.165, 1.54) is 16.7 Å². The minimum Gasteiger partial charge on any atom is -0.488 e. The first-order valence-corrected chi connectivity index (χ1v) is 7.63. The second-order valence-corrected chi connectivity index (χ2v) is 5.59. The summed E-state index contributed by atoms with van der Waals surface area (Å²) in [5.74, 6) is 0.876. The minimum absolute atomic E-state index is 0.591. The van der Waals surface area contributed by atoms with Crippen LogP contribution in [0.1, 0.15) is 16.7 Å². The molecule has 0 radical (unpaired) electrons. The van der Waals surface area contributed by atoms with Crippen molar-refractivity contribution in [2.75, 3.05) is 0 Å². The number of halogens is 2. The topological polar surface area (TPSA) is 9.23 Å². The molecule has 18 heavy (non-hydrogen) atoms. The molecular weight excluding hydrogens is 356 g/mol. The van der Waals surface area contributed by atoms with Crippen molar-refractivity contribution in [1.82, 2.24) is 0 Å². The van der Waals surface area contributed by atoms with Crippen LogP contribution in [0, 0.1) is 6.92 Å². The molecule has 0 bridgehead atoms. The van der Waals surface area contributed by atoms with E-state index in [0.717, 1.165) is 15.6 Å². The Labute approximate surface area is 124 Å². The van der Waals surface area contributed by atoms with Crippen molar-refractivity contribution in [2.45, 2.75) is 18.9 Å². The van der Waals surface area contributed by atoms with Gasteiger partial charge in [-0.1, -0.05) is 51.8 Å². The second kappa shape index (κ2) is 6.39. The van der Waals surface area contributed by atoms with Gasteiger partial charge >= 0.3 is 0 Å². The van der Waals surface area contributed by atoms with Gasteiger partial charge < -0.3 is 4.74 Å². The van der Waals surface area contributed by atoms with Gasteiger partial charge in [0.25, 0.3) is 0 Å². The molecule has 94 valence electrons. The molecule has 0 heterocycles. The van der Waals surface area contributed by atoms with Crippen molar-refractivity contribution >= 4 is 31.9 Å². The summed E-state index contributed by atoms with van der Waals surface area (Å²) in [5.41, 5.74) is 3.67. The van der Waals surface area contributed by atoms with Crippen molar-refractivity contribution in [3.05, 3.63) is 63.6 Å². The normalized spacial score (nSPS) is 10.4. The Bertz CT molecular complexity index is 538. The van der Waals surface area contributed by atoms with Gasteiger partial charge in [-0.3, -0.25) is 0 Å². The second-order valence-electron chi connectivity index (χ2n) is 4.18. The molecular formula is C15H14Br2O. The molecule has 0 aliphatic rings. The van der Waals surface area contributed by atoms with Crippen LogP contribution in [0.5, 0.6) is 5.75 Å². The molecule has 0 saturated heterocycles. The highest BCUT2D eigenvalue weighted by molar-refractivity contribution is 9.10. The smallest absolute Gasteiger partial charge is 0.134 e. The van der Waals surface area contributed by atoms with E-state index in [-0.39, 0.29) is 0 Å². The van der Waals surface area contributed by atoms with Crippen LogP contribution in [0.3, 0.4) is 0 Å². The third-order valence-corrected chi connectivity index (χ3v) is 3.89. The lowest BCUT2D eigenvalue weighted by Gasteiger charge is -2.09. The highest BCUT2D eigenvalue weighted by Gasteiger charge is 2.03. The Morgan fingerprint density at radius 1 is 1.06 bits per heavy atom. The third kappa shape index (κ3) is 3.59. The number of hydrogen-bond donors (Lipinski definition) is 0. The number of benzene rings is 2. The van der Waals surface area contributed by atoms with Crippen molar-refractivity contribution in [1.29, 1.82) is 0 Å². The van der Waals surface area contributed by atoms with E-state index in [1.54, 1.807) is 0 Å². The molecule has 0 saturated carbocycles. The van der Waals surface area contributed by atoms with E-state index in [9.17, 15) is 0 Å². The van der Waals surface area contributed by atoms with Crippen molar-refractivity contribution in [3.8, 4) is 5.75 Å². The molecule has 0 spiro atoms. The van der Waals surface area contributed by atoms with Gasteiger partial charge in [-0.15, -0.1) is 0 Å². The van der Waals surface area contributed by atoms with Gasteiger partial charge in [-0.05, 0) is 46.1 Å². The van der Waals surface area contributed by atoms with Crippen LogP contribution in [0.25, 0.3) is 0 Å². The van der Waals surface area contributed by atoms with Crippen LogP contribution in [-0.2, 0) is 11.9 Å². The molecule has 1 nitrogen and oxygen atoms in total. The van der Waals surface area contributed by atoms with Crippen LogP contribution in [0.4, 0.5) is 0 Å². The fraction of sp³-hybridized carbons (Fsp3) is 0.200. The summed E-state index contributed by atoms with van der Waals surface area (Å²) in [6, 6.07) is 14.5. The molecule has 3 heteroatoms. The summed E-state index contributed by atoms with van der Waals surface area (Å²) < 4.78 is 6.81. The average Bonchev–Trinajstić information content (AvgIpc) is 2.37. The molecule has 0 aliphatic heterocycles. The molecule has 0 unspecified atom stereocenters. The molecule has 0 atom stereocenters. The molecule has 0 aliphatic carbocycles. The lowest BCUT2D eigenvalue weighted by molar-refractivity contribution is 0.304. The van der Waals surface area contributed by atoms with Gasteiger partial charge in [0.15, 0.2) is 0 Å². The first-order valence-electron chi connectivity index (χ1n) is 5.72. The fourth-order valence-corrected chi connectivity index (χ4v) is 2.60. The Hall–Kier alpha value is -0.800. The highest BCUT2D eigenvalue weighted by Crippen LogP contribution is 2.27. The monoisotopic (exact) mass is 368 g/mol. The predicted molar refractivity (Wildman–Crippen MR) is 82.3 cm³/mol. The maximum Gasteiger partial charge on any atom is 0.134 e.